The van der Waals surface area contributed by atoms with Gasteiger partial charge in [-0.2, -0.15) is 9.97 Å². The van der Waals surface area contributed by atoms with Gasteiger partial charge in [-0.1, -0.05) is 121 Å². The molecule has 10 aromatic rings. The number of para-hydroxylation sites is 1. The molecule has 3 heterocycles. The van der Waals surface area contributed by atoms with Crippen molar-refractivity contribution >= 4 is 65.3 Å². The molecule has 10 rings (SSSR count). The molecule has 0 fully saturated rings. The number of hydrogen-bond donors (Lipinski definition) is 0. The molecule has 0 atom stereocenters. The molecule has 7 aromatic carbocycles. The van der Waals surface area contributed by atoms with Crippen molar-refractivity contribution < 1.29 is 4.42 Å². The van der Waals surface area contributed by atoms with Crippen molar-refractivity contribution in [2.24, 2.45) is 0 Å². The Bertz CT molecular complexity index is 2720. The fourth-order valence-electron chi connectivity index (χ4n) is 7.03. The topological polar surface area (TPSA) is 56.7 Å². The van der Waals surface area contributed by atoms with E-state index in [4.69, 9.17) is 19.4 Å². The molecule has 0 amide bonds. The Labute approximate surface area is 263 Å². The average molecular weight is 589 g/mol. The standard InChI is InChI=1S/C41H24N4O/c1-2-13-27(14-3-1)39-42-40(31-18-10-20-35-36(31)30-17-8-9-19-34(30)46-35)44-41(43-39)45-32-23-21-25-11-4-6-15-28(25)37(32)38-29-16-7-5-12-26(29)22-24-33(38)45/h1-24H. The van der Waals surface area contributed by atoms with E-state index in [2.05, 4.69) is 89.5 Å². The molecule has 0 radical (unpaired) electrons. The Morgan fingerprint density at radius 3 is 1.72 bits per heavy atom. The minimum atomic E-state index is 0.569. The summed E-state index contributed by atoms with van der Waals surface area (Å²) < 4.78 is 8.46. The summed E-state index contributed by atoms with van der Waals surface area (Å²) in [6.45, 7) is 0. The second kappa shape index (κ2) is 9.58. The molecule has 46 heavy (non-hydrogen) atoms. The van der Waals surface area contributed by atoms with E-state index in [1.807, 2.05) is 60.7 Å². The lowest BCUT2D eigenvalue weighted by Gasteiger charge is -2.11. The third-order valence-electron chi connectivity index (χ3n) is 9.04. The van der Waals surface area contributed by atoms with Gasteiger partial charge < -0.3 is 4.42 Å². The lowest BCUT2D eigenvalue weighted by atomic mass is 10.00. The van der Waals surface area contributed by atoms with Gasteiger partial charge in [-0.05, 0) is 45.8 Å². The van der Waals surface area contributed by atoms with Gasteiger partial charge in [0.15, 0.2) is 11.6 Å². The van der Waals surface area contributed by atoms with Crippen molar-refractivity contribution in [2.75, 3.05) is 0 Å². The summed E-state index contributed by atoms with van der Waals surface area (Å²) in [6.07, 6.45) is 0. The summed E-state index contributed by atoms with van der Waals surface area (Å²) in [6, 6.07) is 50.3. The van der Waals surface area contributed by atoms with E-state index in [-0.39, 0.29) is 0 Å². The van der Waals surface area contributed by atoms with Crippen molar-refractivity contribution in [3.05, 3.63) is 146 Å². The number of fused-ring (bicyclic) bond motifs is 10. The molecular weight excluding hydrogens is 564 g/mol. The van der Waals surface area contributed by atoms with E-state index in [1.165, 1.54) is 32.3 Å². The molecule has 0 saturated carbocycles. The van der Waals surface area contributed by atoms with Crippen LogP contribution in [0.2, 0.25) is 0 Å². The van der Waals surface area contributed by atoms with Gasteiger partial charge in [0.05, 0.1) is 11.0 Å². The first-order chi connectivity index (χ1) is 22.8. The minimum Gasteiger partial charge on any atom is -0.456 e. The molecule has 0 N–H and O–H groups in total. The number of rotatable bonds is 3. The van der Waals surface area contributed by atoms with Crippen LogP contribution in [-0.2, 0) is 0 Å². The number of nitrogens with zero attached hydrogens (tertiary/aromatic N) is 4. The van der Waals surface area contributed by atoms with Gasteiger partial charge in [-0.15, -0.1) is 0 Å². The van der Waals surface area contributed by atoms with Crippen LogP contribution in [0, 0.1) is 0 Å². The molecule has 0 unspecified atom stereocenters. The predicted octanol–water partition coefficient (Wildman–Crippen LogP) is 10.5. The summed E-state index contributed by atoms with van der Waals surface area (Å²) in [5.41, 5.74) is 5.56. The molecule has 0 bridgehead atoms. The van der Waals surface area contributed by atoms with Gasteiger partial charge in [0.25, 0.3) is 0 Å². The Kier molecular flexibility index (Phi) is 5.22. The second-order valence-electron chi connectivity index (χ2n) is 11.6. The van der Waals surface area contributed by atoms with Crippen LogP contribution in [0.15, 0.2) is 150 Å². The second-order valence-corrected chi connectivity index (χ2v) is 11.6. The van der Waals surface area contributed by atoms with Crippen LogP contribution >= 0.6 is 0 Å². The van der Waals surface area contributed by atoms with Crippen molar-refractivity contribution in [1.82, 2.24) is 19.5 Å². The van der Waals surface area contributed by atoms with Crippen molar-refractivity contribution in [2.45, 2.75) is 0 Å². The number of furan rings is 1. The molecule has 0 aliphatic rings. The van der Waals surface area contributed by atoms with Gasteiger partial charge in [-0.3, -0.25) is 4.57 Å². The van der Waals surface area contributed by atoms with Gasteiger partial charge in [-0.25, -0.2) is 4.98 Å². The summed E-state index contributed by atoms with van der Waals surface area (Å²) >= 11 is 0. The molecule has 0 saturated heterocycles. The van der Waals surface area contributed by atoms with Gasteiger partial charge >= 0.3 is 0 Å². The Morgan fingerprint density at radius 2 is 1.00 bits per heavy atom. The zero-order chi connectivity index (χ0) is 30.2. The normalized spacial score (nSPS) is 11.9. The maximum Gasteiger partial charge on any atom is 0.238 e. The summed E-state index contributed by atoms with van der Waals surface area (Å²) in [5.74, 6) is 1.78. The molecule has 0 aliphatic heterocycles. The van der Waals surface area contributed by atoms with E-state index in [0.29, 0.717) is 17.6 Å². The molecule has 214 valence electrons. The Balaban J connectivity index is 1.36. The molecule has 3 aromatic heterocycles. The van der Waals surface area contributed by atoms with Crippen molar-refractivity contribution in [3.63, 3.8) is 0 Å². The smallest absolute Gasteiger partial charge is 0.238 e. The van der Waals surface area contributed by atoms with E-state index < -0.39 is 0 Å². The monoisotopic (exact) mass is 588 g/mol. The third kappa shape index (κ3) is 3.60. The number of hydrogen-bond acceptors (Lipinski definition) is 4. The number of aromatic nitrogens is 4. The first-order valence-electron chi connectivity index (χ1n) is 15.4. The third-order valence-corrected chi connectivity index (χ3v) is 9.04. The van der Waals surface area contributed by atoms with Crippen LogP contribution in [0.5, 0.6) is 0 Å². The van der Waals surface area contributed by atoms with E-state index in [1.54, 1.807) is 0 Å². The van der Waals surface area contributed by atoms with E-state index in [9.17, 15) is 0 Å². The maximum absolute atomic E-state index is 6.25. The van der Waals surface area contributed by atoms with Crippen LogP contribution in [0.25, 0.3) is 94.0 Å². The first kappa shape index (κ1) is 25.0. The summed E-state index contributed by atoms with van der Waals surface area (Å²) in [7, 11) is 0. The lowest BCUT2D eigenvalue weighted by molar-refractivity contribution is 0.669. The van der Waals surface area contributed by atoms with E-state index in [0.717, 1.165) is 44.1 Å². The van der Waals surface area contributed by atoms with Crippen LogP contribution in [0.4, 0.5) is 0 Å². The van der Waals surface area contributed by atoms with Crippen molar-refractivity contribution in [3.8, 4) is 28.7 Å². The van der Waals surface area contributed by atoms with Gasteiger partial charge in [0, 0.05) is 32.7 Å². The first-order valence-corrected chi connectivity index (χ1v) is 15.4. The Hall–Kier alpha value is -6.33. The molecule has 0 aliphatic carbocycles. The SMILES string of the molecule is c1ccc(-c2nc(-c3cccc4oc5ccccc5c34)nc(-n3c4ccc5ccccc5c4c4c5ccccc5ccc43)n2)cc1. The largest absolute Gasteiger partial charge is 0.456 e. The van der Waals surface area contributed by atoms with Crippen LogP contribution in [-0.4, -0.2) is 19.5 Å². The van der Waals surface area contributed by atoms with Crippen LogP contribution in [0.1, 0.15) is 0 Å². The molecule has 0 spiro atoms. The zero-order valence-electron chi connectivity index (χ0n) is 24.6. The highest BCUT2D eigenvalue weighted by Crippen LogP contribution is 2.41. The highest BCUT2D eigenvalue weighted by atomic mass is 16.3. The summed E-state index contributed by atoms with van der Waals surface area (Å²) in [5, 5.41) is 9.20. The fourth-order valence-corrected chi connectivity index (χ4v) is 7.03. The highest BCUT2D eigenvalue weighted by molar-refractivity contribution is 6.28. The Morgan fingerprint density at radius 1 is 0.413 bits per heavy atom. The molecule has 5 nitrogen and oxygen atoms in total. The van der Waals surface area contributed by atoms with Crippen molar-refractivity contribution in [1.29, 1.82) is 0 Å². The van der Waals surface area contributed by atoms with Crippen LogP contribution in [0.3, 0.4) is 0 Å². The van der Waals surface area contributed by atoms with Gasteiger partial charge in [0.1, 0.15) is 11.2 Å². The molecule has 5 heteroatoms. The van der Waals surface area contributed by atoms with Crippen LogP contribution < -0.4 is 0 Å². The molecular formula is C41H24N4O. The number of benzene rings is 7. The quantitative estimate of drug-likeness (QED) is 0.206. The average Bonchev–Trinajstić information content (AvgIpc) is 3.68. The predicted molar refractivity (Wildman–Crippen MR) is 187 cm³/mol. The minimum absolute atomic E-state index is 0.569. The summed E-state index contributed by atoms with van der Waals surface area (Å²) in [4.78, 5) is 15.6. The highest BCUT2D eigenvalue weighted by Gasteiger charge is 2.22. The fraction of sp³-hybridized carbons (Fsp3) is 0. The van der Waals surface area contributed by atoms with E-state index >= 15 is 0 Å². The zero-order valence-corrected chi connectivity index (χ0v) is 24.6. The lowest BCUT2D eigenvalue weighted by Crippen LogP contribution is -2.06. The van der Waals surface area contributed by atoms with Gasteiger partial charge in [0.2, 0.25) is 5.95 Å². The maximum atomic E-state index is 6.25.